The fourth-order valence-corrected chi connectivity index (χ4v) is 2.81. The molecule has 2 N–H and O–H groups in total. The van der Waals surface area contributed by atoms with Gasteiger partial charge in [-0.25, -0.2) is 13.1 Å². The number of rotatable bonds is 7. The normalized spacial score (nSPS) is 11.5. The van der Waals surface area contributed by atoms with Gasteiger partial charge in [0.2, 0.25) is 10.0 Å². The van der Waals surface area contributed by atoms with Crippen molar-refractivity contribution in [1.82, 2.24) is 10.0 Å². The summed E-state index contributed by atoms with van der Waals surface area (Å²) in [5.74, 6) is 0.358. The van der Waals surface area contributed by atoms with Crippen LogP contribution >= 0.6 is 0 Å². The molecule has 18 heavy (non-hydrogen) atoms. The summed E-state index contributed by atoms with van der Waals surface area (Å²) in [5.41, 5.74) is 0.878. The Hall–Kier alpha value is -1.11. The molecule has 1 rings (SSSR count). The minimum absolute atomic E-state index is 0.182. The Morgan fingerprint density at radius 1 is 1.28 bits per heavy atom. The molecule has 5 nitrogen and oxygen atoms in total. The van der Waals surface area contributed by atoms with E-state index in [0.29, 0.717) is 18.8 Å². The molecule has 0 aromatic heterocycles. The predicted molar refractivity (Wildman–Crippen MR) is 71.5 cm³/mol. The lowest BCUT2D eigenvalue weighted by molar-refractivity contribution is 0.402. The van der Waals surface area contributed by atoms with Crippen LogP contribution in [0.1, 0.15) is 12.5 Å². The first kappa shape index (κ1) is 14.9. The molecule has 0 saturated carbocycles. The number of aryl methyl sites for hydroxylation is 1. The topological polar surface area (TPSA) is 67.4 Å². The first-order valence-electron chi connectivity index (χ1n) is 5.86. The summed E-state index contributed by atoms with van der Waals surface area (Å²) in [5, 5.41) is 3.05. The van der Waals surface area contributed by atoms with Crippen molar-refractivity contribution in [2.75, 3.05) is 26.7 Å². The lowest BCUT2D eigenvalue weighted by atomic mass is 10.2. The number of nitrogens with one attached hydrogen (secondary N) is 2. The summed E-state index contributed by atoms with van der Waals surface area (Å²) < 4.78 is 31.8. The molecule has 0 aliphatic heterocycles. The van der Waals surface area contributed by atoms with Gasteiger partial charge in [-0.05, 0) is 31.2 Å². The van der Waals surface area contributed by atoms with Crippen molar-refractivity contribution in [2.24, 2.45) is 0 Å². The molecule has 0 saturated heterocycles. The van der Waals surface area contributed by atoms with E-state index in [4.69, 9.17) is 4.74 Å². The number of hydrogen-bond acceptors (Lipinski definition) is 4. The van der Waals surface area contributed by atoms with Crippen LogP contribution in [-0.4, -0.2) is 35.2 Å². The van der Waals surface area contributed by atoms with Crippen molar-refractivity contribution >= 4 is 10.0 Å². The van der Waals surface area contributed by atoms with Crippen LogP contribution in [0.4, 0.5) is 0 Å². The molecule has 0 bridgehead atoms. The third-order valence-electron chi connectivity index (χ3n) is 2.45. The molecule has 1 aromatic rings. The zero-order valence-corrected chi connectivity index (χ0v) is 11.8. The number of benzene rings is 1. The van der Waals surface area contributed by atoms with Gasteiger partial charge in [0.1, 0.15) is 10.6 Å². The molecular weight excluding hydrogens is 252 g/mol. The van der Waals surface area contributed by atoms with Crippen LogP contribution in [0.2, 0.25) is 0 Å². The molecule has 0 heterocycles. The van der Waals surface area contributed by atoms with E-state index in [0.717, 1.165) is 12.1 Å². The Labute approximate surface area is 109 Å². The highest BCUT2D eigenvalue weighted by Gasteiger charge is 2.18. The van der Waals surface area contributed by atoms with Gasteiger partial charge in [0.05, 0.1) is 7.11 Å². The zero-order chi connectivity index (χ0) is 13.6. The van der Waals surface area contributed by atoms with E-state index < -0.39 is 10.0 Å². The minimum atomic E-state index is -3.52. The maximum atomic E-state index is 12.1. The molecule has 0 aliphatic rings. The molecule has 0 radical (unpaired) electrons. The van der Waals surface area contributed by atoms with Gasteiger partial charge in [0, 0.05) is 13.1 Å². The van der Waals surface area contributed by atoms with E-state index in [1.54, 1.807) is 12.1 Å². The van der Waals surface area contributed by atoms with Gasteiger partial charge >= 0.3 is 0 Å². The Bertz CT molecular complexity index is 486. The van der Waals surface area contributed by atoms with Crippen LogP contribution in [0.5, 0.6) is 5.75 Å². The van der Waals surface area contributed by atoms with Crippen molar-refractivity contribution < 1.29 is 13.2 Å². The van der Waals surface area contributed by atoms with Crippen molar-refractivity contribution in [3.05, 3.63) is 23.8 Å². The first-order valence-corrected chi connectivity index (χ1v) is 7.34. The summed E-state index contributed by atoms with van der Waals surface area (Å²) in [6, 6.07) is 5.08. The fraction of sp³-hybridized carbons (Fsp3) is 0.500. The third kappa shape index (κ3) is 3.97. The van der Waals surface area contributed by atoms with Crippen LogP contribution in [0, 0.1) is 6.92 Å². The van der Waals surface area contributed by atoms with Crippen molar-refractivity contribution in [3.63, 3.8) is 0 Å². The second-order valence-electron chi connectivity index (χ2n) is 3.91. The van der Waals surface area contributed by atoms with Crippen LogP contribution in [0.15, 0.2) is 23.1 Å². The zero-order valence-electron chi connectivity index (χ0n) is 11.0. The van der Waals surface area contributed by atoms with Crippen molar-refractivity contribution in [3.8, 4) is 5.75 Å². The summed E-state index contributed by atoms with van der Waals surface area (Å²) in [7, 11) is -2.06. The number of ether oxygens (including phenoxy) is 1. The van der Waals surface area contributed by atoms with E-state index >= 15 is 0 Å². The Balaban J connectivity index is 2.87. The SMILES string of the molecule is CCNCCNS(=O)(=O)c1cc(C)ccc1OC. The van der Waals surface area contributed by atoms with Crippen LogP contribution in [0.3, 0.4) is 0 Å². The standard InChI is InChI=1S/C12H20N2O3S/c1-4-13-7-8-14-18(15,16)12-9-10(2)5-6-11(12)17-3/h5-6,9,13-14H,4,7-8H2,1-3H3. The maximum absolute atomic E-state index is 12.1. The van der Waals surface area contributed by atoms with Gasteiger partial charge in [0.15, 0.2) is 0 Å². The molecule has 0 atom stereocenters. The lowest BCUT2D eigenvalue weighted by Gasteiger charge is -2.11. The Kier molecular flexibility index (Phi) is 5.58. The highest BCUT2D eigenvalue weighted by atomic mass is 32.2. The average Bonchev–Trinajstić information content (AvgIpc) is 2.35. The summed E-state index contributed by atoms with van der Waals surface area (Å²) in [6.45, 7) is 5.59. The molecular formula is C12H20N2O3S. The summed E-state index contributed by atoms with van der Waals surface area (Å²) >= 11 is 0. The Morgan fingerprint density at radius 2 is 2.00 bits per heavy atom. The highest BCUT2D eigenvalue weighted by molar-refractivity contribution is 7.89. The van der Waals surface area contributed by atoms with Crippen molar-refractivity contribution in [2.45, 2.75) is 18.7 Å². The van der Waals surface area contributed by atoms with Gasteiger partial charge in [0.25, 0.3) is 0 Å². The average molecular weight is 272 g/mol. The van der Waals surface area contributed by atoms with Crippen LogP contribution in [0.25, 0.3) is 0 Å². The lowest BCUT2D eigenvalue weighted by Crippen LogP contribution is -2.32. The quantitative estimate of drug-likeness (QED) is 0.723. The smallest absolute Gasteiger partial charge is 0.244 e. The number of likely N-dealkylation sites (N-methyl/N-ethyl adjacent to an activating group) is 1. The second kappa shape index (κ2) is 6.72. The molecule has 0 amide bonds. The maximum Gasteiger partial charge on any atom is 0.244 e. The predicted octanol–water partition coefficient (Wildman–Crippen LogP) is 0.891. The summed E-state index contributed by atoms with van der Waals surface area (Å²) in [4.78, 5) is 0.182. The summed E-state index contributed by atoms with van der Waals surface area (Å²) in [6.07, 6.45) is 0. The van der Waals surface area contributed by atoms with E-state index in [1.807, 2.05) is 19.9 Å². The van der Waals surface area contributed by atoms with Gasteiger partial charge in [-0.2, -0.15) is 0 Å². The molecule has 6 heteroatoms. The van der Waals surface area contributed by atoms with E-state index in [2.05, 4.69) is 10.0 Å². The van der Waals surface area contributed by atoms with Crippen LogP contribution in [-0.2, 0) is 10.0 Å². The molecule has 0 aliphatic carbocycles. The highest BCUT2D eigenvalue weighted by Crippen LogP contribution is 2.24. The van der Waals surface area contributed by atoms with E-state index in [1.165, 1.54) is 7.11 Å². The van der Waals surface area contributed by atoms with Gasteiger partial charge < -0.3 is 10.1 Å². The van der Waals surface area contributed by atoms with Gasteiger partial charge in [-0.3, -0.25) is 0 Å². The van der Waals surface area contributed by atoms with Gasteiger partial charge in [-0.1, -0.05) is 13.0 Å². The van der Waals surface area contributed by atoms with E-state index in [-0.39, 0.29) is 4.90 Å². The molecule has 1 aromatic carbocycles. The molecule has 0 spiro atoms. The molecule has 0 fully saturated rings. The van der Waals surface area contributed by atoms with Crippen molar-refractivity contribution in [1.29, 1.82) is 0 Å². The number of hydrogen-bond donors (Lipinski definition) is 2. The minimum Gasteiger partial charge on any atom is -0.495 e. The third-order valence-corrected chi connectivity index (χ3v) is 3.93. The van der Waals surface area contributed by atoms with Gasteiger partial charge in [-0.15, -0.1) is 0 Å². The fourth-order valence-electron chi connectivity index (χ4n) is 1.52. The largest absolute Gasteiger partial charge is 0.495 e. The Morgan fingerprint density at radius 3 is 2.61 bits per heavy atom. The first-order chi connectivity index (χ1) is 8.51. The number of methoxy groups -OCH3 is 1. The van der Waals surface area contributed by atoms with Crippen LogP contribution < -0.4 is 14.8 Å². The molecule has 102 valence electrons. The number of sulfonamides is 1. The molecule has 0 unspecified atom stereocenters. The van der Waals surface area contributed by atoms with E-state index in [9.17, 15) is 8.42 Å². The monoisotopic (exact) mass is 272 g/mol. The second-order valence-corrected chi connectivity index (χ2v) is 5.64.